The summed E-state index contributed by atoms with van der Waals surface area (Å²) < 4.78 is 0. The summed E-state index contributed by atoms with van der Waals surface area (Å²) in [5.41, 5.74) is 4.73. The van der Waals surface area contributed by atoms with Crippen LogP contribution in [0, 0.1) is 17.2 Å². The molecule has 0 fully saturated rings. The Labute approximate surface area is 75.3 Å². The summed E-state index contributed by atoms with van der Waals surface area (Å²) >= 11 is 0. The van der Waals surface area contributed by atoms with Gasteiger partial charge in [0.25, 0.3) is 0 Å². The summed E-state index contributed by atoms with van der Waals surface area (Å²) in [6.07, 6.45) is -1.41. The molecule has 0 heterocycles. The van der Waals surface area contributed by atoms with Crippen LogP contribution >= 0.6 is 0 Å². The number of aliphatic hydroxyl groups is 1. The van der Waals surface area contributed by atoms with Crippen molar-refractivity contribution in [2.45, 2.75) is 13.0 Å². The van der Waals surface area contributed by atoms with Crippen LogP contribution in [0.1, 0.15) is 6.92 Å². The van der Waals surface area contributed by atoms with Gasteiger partial charge < -0.3 is 16.2 Å². The molecule has 0 aromatic heterocycles. The minimum atomic E-state index is -1.41. The van der Waals surface area contributed by atoms with Crippen molar-refractivity contribution in [3.63, 3.8) is 0 Å². The number of hydrogen-bond acceptors (Lipinski definition) is 4. The second-order valence-corrected chi connectivity index (χ2v) is 2.51. The third-order valence-electron chi connectivity index (χ3n) is 1.38. The molecular formula is C7H11N3O3. The van der Waals surface area contributed by atoms with Crippen molar-refractivity contribution in [3.8, 4) is 6.07 Å². The van der Waals surface area contributed by atoms with Gasteiger partial charge in [-0.3, -0.25) is 9.59 Å². The summed E-state index contributed by atoms with van der Waals surface area (Å²) in [7, 11) is 0. The van der Waals surface area contributed by atoms with E-state index in [9.17, 15) is 9.59 Å². The first-order chi connectivity index (χ1) is 5.99. The van der Waals surface area contributed by atoms with Crippen LogP contribution in [-0.4, -0.2) is 29.6 Å². The average molecular weight is 185 g/mol. The van der Waals surface area contributed by atoms with Gasteiger partial charge in [0, 0.05) is 0 Å². The van der Waals surface area contributed by atoms with Crippen LogP contribution in [0.2, 0.25) is 0 Å². The number of primary amides is 1. The van der Waals surface area contributed by atoms with Crippen molar-refractivity contribution in [2.75, 3.05) is 6.54 Å². The molecule has 0 aromatic carbocycles. The fraction of sp³-hybridized carbons (Fsp3) is 0.571. The molecule has 4 N–H and O–H groups in total. The zero-order chi connectivity index (χ0) is 10.4. The normalized spacial score (nSPS) is 13.9. The SMILES string of the molecule is CC(C#N)C(=O)NCC(O)C(N)=O. The predicted octanol–water partition coefficient (Wildman–Crippen LogP) is -1.89. The highest BCUT2D eigenvalue weighted by molar-refractivity contribution is 5.82. The third-order valence-corrected chi connectivity index (χ3v) is 1.38. The summed E-state index contributed by atoms with van der Waals surface area (Å²) in [4.78, 5) is 21.2. The van der Waals surface area contributed by atoms with Crippen molar-refractivity contribution >= 4 is 11.8 Å². The van der Waals surface area contributed by atoms with Gasteiger partial charge in [-0.25, -0.2) is 0 Å². The van der Waals surface area contributed by atoms with E-state index in [1.807, 2.05) is 0 Å². The average Bonchev–Trinajstić information content (AvgIpc) is 2.11. The van der Waals surface area contributed by atoms with E-state index in [1.54, 1.807) is 6.07 Å². The van der Waals surface area contributed by atoms with Gasteiger partial charge in [-0.15, -0.1) is 0 Å². The molecule has 0 aromatic rings. The minimum absolute atomic E-state index is 0.264. The number of carbonyl (C=O) groups excluding carboxylic acids is 2. The molecule has 2 amide bonds. The van der Waals surface area contributed by atoms with Crippen molar-refractivity contribution < 1.29 is 14.7 Å². The zero-order valence-electron chi connectivity index (χ0n) is 7.15. The Kier molecular flexibility index (Phi) is 4.48. The van der Waals surface area contributed by atoms with Crippen LogP contribution in [-0.2, 0) is 9.59 Å². The van der Waals surface area contributed by atoms with Crippen molar-refractivity contribution in [1.82, 2.24) is 5.32 Å². The Morgan fingerprint density at radius 1 is 1.69 bits per heavy atom. The molecule has 13 heavy (non-hydrogen) atoms. The molecule has 0 aliphatic heterocycles. The van der Waals surface area contributed by atoms with Gasteiger partial charge in [0.15, 0.2) is 0 Å². The van der Waals surface area contributed by atoms with Gasteiger partial charge in [-0.2, -0.15) is 5.26 Å². The minimum Gasteiger partial charge on any atom is -0.381 e. The number of nitriles is 1. The third kappa shape index (κ3) is 4.08. The molecule has 6 nitrogen and oxygen atoms in total. The highest BCUT2D eigenvalue weighted by atomic mass is 16.3. The summed E-state index contributed by atoms with van der Waals surface area (Å²) in [5.74, 6) is -2.26. The van der Waals surface area contributed by atoms with Gasteiger partial charge >= 0.3 is 0 Å². The second kappa shape index (κ2) is 5.11. The molecule has 0 saturated carbocycles. The van der Waals surface area contributed by atoms with Crippen molar-refractivity contribution in [3.05, 3.63) is 0 Å². The lowest BCUT2D eigenvalue weighted by atomic mass is 10.2. The maximum Gasteiger partial charge on any atom is 0.248 e. The highest BCUT2D eigenvalue weighted by Gasteiger charge is 2.15. The Bertz CT molecular complexity index is 246. The molecule has 6 heteroatoms. The molecule has 0 bridgehead atoms. The smallest absolute Gasteiger partial charge is 0.248 e. The predicted molar refractivity (Wildman–Crippen MR) is 43.0 cm³/mol. The summed E-state index contributed by atoms with van der Waals surface area (Å²) in [6, 6.07) is 1.71. The first-order valence-corrected chi connectivity index (χ1v) is 3.63. The number of rotatable bonds is 4. The Morgan fingerprint density at radius 3 is 2.62 bits per heavy atom. The zero-order valence-corrected chi connectivity index (χ0v) is 7.15. The van der Waals surface area contributed by atoms with Gasteiger partial charge in [0.2, 0.25) is 11.8 Å². The highest BCUT2D eigenvalue weighted by Crippen LogP contribution is 1.90. The van der Waals surface area contributed by atoms with Crippen LogP contribution in [0.4, 0.5) is 0 Å². The van der Waals surface area contributed by atoms with E-state index in [0.717, 1.165) is 0 Å². The number of nitrogens with one attached hydrogen (secondary N) is 1. The van der Waals surface area contributed by atoms with Gasteiger partial charge in [0.1, 0.15) is 12.0 Å². The molecule has 0 saturated heterocycles. The fourth-order valence-corrected chi connectivity index (χ4v) is 0.510. The maximum absolute atomic E-state index is 10.9. The molecule has 2 atom stereocenters. The molecule has 0 spiro atoms. The van der Waals surface area contributed by atoms with Gasteiger partial charge in [-0.1, -0.05) is 0 Å². The monoisotopic (exact) mass is 185 g/mol. The van der Waals surface area contributed by atoms with E-state index >= 15 is 0 Å². The van der Waals surface area contributed by atoms with Crippen LogP contribution in [0.15, 0.2) is 0 Å². The number of hydrogen-bond donors (Lipinski definition) is 3. The van der Waals surface area contributed by atoms with E-state index in [-0.39, 0.29) is 6.54 Å². The van der Waals surface area contributed by atoms with Crippen LogP contribution < -0.4 is 11.1 Å². The lowest BCUT2D eigenvalue weighted by Crippen LogP contribution is -2.41. The van der Waals surface area contributed by atoms with Crippen LogP contribution in [0.3, 0.4) is 0 Å². The molecule has 0 aliphatic rings. The second-order valence-electron chi connectivity index (χ2n) is 2.51. The molecule has 2 unspecified atom stereocenters. The Hall–Kier alpha value is -1.61. The molecule has 72 valence electrons. The first-order valence-electron chi connectivity index (χ1n) is 3.63. The maximum atomic E-state index is 10.9. The lowest BCUT2D eigenvalue weighted by Gasteiger charge is -2.08. The lowest BCUT2D eigenvalue weighted by molar-refractivity contribution is -0.127. The van der Waals surface area contributed by atoms with E-state index in [1.165, 1.54) is 6.92 Å². The Morgan fingerprint density at radius 2 is 2.23 bits per heavy atom. The molecular weight excluding hydrogens is 174 g/mol. The Balaban J connectivity index is 3.85. The van der Waals surface area contributed by atoms with Gasteiger partial charge in [-0.05, 0) is 6.92 Å². The summed E-state index contributed by atoms with van der Waals surface area (Å²) in [5, 5.41) is 19.4. The van der Waals surface area contributed by atoms with E-state index in [0.29, 0.717) is 0 Å². The van der Waals surface area contributed by atoms with E-state index < -0.39 is 23.8 Å². The van der Waals surface area contributed by atoms with Crippen LogP contribution in [0.5, 0.6) is 0 Å². The van der Waals surface area contributed by atoms with Gasteiger partial charge in [0.05, 0.1) is 12.6 Å². The number of aliphatic hydroxyl groups excluding tert-OH is 1. The molecule has 0 aliphatic carbocycles. The largest absolute Gasteiger partial charge is 0.381 e. The van der Waals surface area contributed by atoms with E-state index in [2.05, 4.69) is 5.32 Å². The van der Waals surface area contributed by atoms with E-state index in [4.69, 9.17) is 16.1 Å². The standard InChI is InChI=1S/C7H11N3O3/c1-4(2-8)7(13)10-3-5(11)6(9)12/h4-5,11H,3H2,1H3,(H2,9,12)(H,10,13). The molecule has 0 rings (SSSR count). The number of amides is 2. The summed E-state index contributed by atoms with van der Waals surface area (Å²) in [6.45, 7) is 1.15. The van der Waals surface area contributed by atoms with Crippen molar-refractivity contribution in [1.29, 1.82) is 5.26 Å². The van der Waals surface area contributed by atoms with Crippen molar-refractivity contribution in [2.24, 2.45) is 11.7 Å². The number of nitrogens with two attached hydrogens (primary N) is 1. The number of nitrogens with zero attached hydrogens (tertiary/aromatic N) is 1. The van der Waals surface area contributed by atoms with Crippen LogP contribution in [0.25, 0.3) is 0 Å². The molecule has 0 radical (unpaired) electrons. The topological polar surface area (TPSA) is 116 Å². The first kappa shape index (κ1) is 11.4. The fourth-order valence-electron chi connectivity index (χ4n) is 0.510. The number of carbonyl (C=O) groups is 2. The quantitative estimate of drug-likeness (QED) is 0.474.